The molecule has 0 fully saturated rings. The minimum absolute atomic E-state index is 0.927. The third kappa shape index (κ3) is 3.49. The fraction of sp³-hybridized carbons (Fsp3) is 0.615. The predicted octanol–water partition coefficient (Wildman–Crippen LogP) is 2.21. The minimum atomic E-state index is 0.927. The lowest BCUT2D eigenvalue weighted by Crippen LogP contribution is -2.19. The van der Waals surface area contributed by atoms with Crippen LogP contribution in [0.4, 0.5) is 5.82 Å². The van der Waals surface area contributed by atoms with E-state index in [9.17, 15) is 0 Å². The van der Waals surface area contributed by atoms with Crippen LogP contribution in [-0.4, -0.2) is 25.1 Å². The van der Waals surface area contributed by atoms with Gasteiger partial charge in [0.2, 0.25) is 0 Å². The summed E-state index contributed by atoms with van der Waals surface area (Å²) in [6, 6.07) is 4.36. The van der Waals surface area contributed by atoms with E-state index in [4.69, 9.17) is 0 Å². The topological polar surface area (TPSA) is 28.2 Å². The van der Waals surface area contributed by atoms with Gasteiger partial charge in [-0.1, -0.05) is 13.8 Å². The van der Waals surface area contributed by atoms with Gasteiger partial charge in [-0.05, 0) is 37.6 Å². The van der Waals surface area contributed by atoms with E-state index in [0.29, 0.717) is 0 Å². The molecule has 0 spiro atoms. The second kappa shape index (κ2) is 6.48. The predicted molar refractivity (Wildman–Crippen MR) is 69.9 cm³/mol. The largest absolute Gasteiger partial charge is 0.360 e. The first-order valence-corrected chi connectivity index (χ1v) is 6.12. The minimum Gasteiger partial charge on any atom is -0.360 e. The molecule has 0 atom stereocenters. The van der Waals surface area contributed by atoms with Crippen LogP contribution in [0.5, 0.6) is 0 Å². The number of hydrogen-bond acceptors (Lipinski definition) is 3. The van der Waals surface area contributed by atoms with Crippen molar-refractivity contribution in [1.29, 1.82) is 0 Å². The third-order valence-corrected chi connectivity index (χ3v) is 2.73. The number of anilines is 1. The molecule has 1 heterocycles. The first-order chi connectivity index (χ1) is 7.71. The second-order valence-electron chi connectivity index (χ2n) is 3.97. The fourth-order valence-corrected chi connectivity index (χ4v) is 1.54. The monoisotopic (exact) mass is 221 g/mol. The maximum atomic E-state index is 4.63. The van der Waals surface area contributed by atoms with E-state index in [2.05, 4.69) is 55.2 Å². The van der Waals surface area contributed by atoms with Crippen LogP contribution in [0, 0.1) is 0 Å². The zero-order chi connectivity index (χ0) is 12.0. The molecule has 0 saturated heterocycles. The summed E-state index contributed by atoms with van der Waals surface area (Å²) in [4.78, 5) is 6.80. The van der Waals surface area contributed by atoms with Gasteiger partial charge in [0, 0.05) is 25.8 Å². The molecule has 3 heteroatoms. The number of nitrogens with one attached hydrogen (secondary N) is 1. The van der Waals surface area contributed by atoms with Crippen molar-refractivity contribution in [2.45, 2.75) is 33.7 Å². The molecule has 3 nitrogen and oxygen atoms in total. The molecule has 0 aliphatic carbocycles. The zero-order valence-corrected chi connectivity index (χ0v) is 10.9. The van der Waals surface area contributed by atoms with Crippen LogP contribution < -0.4 is 10.2 Å². The molecule has 0 aromatic carbocycles. The molecular weight excluding hydrogens is 198 g/mol. The molecule has 90 valence electrons. The Morgan fingerprint density at radius 3 is 2.56 bits per heavy atom. The highest BCUT2D eigenvalue weighted by molar-refractivity contribution is 5.41. The van der Waals surface area contributed by atoms with Crippen molar-refractivity contribution in [2.24, 2.45) is 0 Å². The van der Waals surface area contributed by atoms with E-state index in [0.717, 1.165) is 31.9 Å². The highest BCUT2D eigenvalue weighted by Crippen LogP contribution is 2.14. The molecule has 1 aromatic rings. The van der Waals surface area contributed by atoms with Crippen molar-refractivity contribution in [3.63, 3.8) is 0 Å². The lowest BCUT2D eigenvalue weighted by molar-refractivity contribution is 0.723. The van der Waals surface area contributed by atoms with E-state index in [1.54, 1.807) is 0 Å². The zero-order valence-electron chi connectivity index (χ0n) is 10.9. The Balaban J connectivity index is 2.91. The van der Waals surface area contributed by atoms with E-state index < -0.39 is 0 Å². The quantitative estimate of drug-likeness (QED) is 0.798. The number of rotatable bonds is 6. The summed E-state index contributed by atoms with van der Waals surface area (Å²) in [6.07, 6.45) is 0.991. The Kier molecular flexibility index (Phi) is 5.26. The van der Waals surface area contributed by atoms with Crippen LogP contribution in [-0.2, 0) is 13.0 Å². The van der Waals surface area contributed by atoms with E-state index in [1.807, 2.05) is 0 Å². The number of aromatic nitrogens is 1. The van der Waals surface area contributed by atoms with Crippen LogP contribution >= 0.6 is 0 Å². The molecule has 16 heavy (non-hydrogen) atoms. The number of hydrogen-bond donors (Lipinski definition) is 1. The standard InChI is InChI=1S/C13H23N3/c1-5-12-8-11(10-14-6-2)9-13(15-12)16(4)7-3/h8-9,14H,5-7,10H2,1-4H3. The molecular formula is C13H23N3. The molecule has 0 radical (unpaired) electrons. The molecule has 1 rings (SSSR count). The second-order valence-corrected chi connectivity index (χ2v) is 3.97. The Morgan fingerprint density at radius 1 is 1.25 bits per heavy atom. The van der Waals surface area contributed by atoms with Crippen LogP contribution in [0.2, 0.25) is 0 Å². The number of pyridine rings is 1. The van der Waals surface area contributed by atoms with Gasteiger partial charge in [-0.15, -0.1) is 0 Å². The van der Waals surface area contributed by atoms with Crippen molar-refractivity contribution in [1.82, 2.24) is 10.3 Å². The lowest BCUT2D eigenvalue weighted by atomic mass is 10.2. The molecule has 0 amide bonds. The average Bonchev–Trinajstić information content (AvgIpc) is 2.34. The van der Waals surface area contributed by atoms with Crippen LogP contribution in [0.3, 0.4) is 0 Å². The maximum absolute atomic E-state index is 4.63. The Hall–Kier alpha value is -1.09. The number of nitrogens with zero attached hydrogens (tertiary/aromatic N) is 2. The molecule has 1 N–H and O–H groups in total. The summed E-state index contributed by atoms with van der Waals surface area (Å²) >= 11 is 0. The first-order valence-electron chi connectivity index (χ1n) is 6.12. The molecule has 0 unspecified atom stereocenters. The van der Waals surface area contributed by atoms with Crippen LogP contribution in [0.25, 0.3) is 0 Å². The van der Waals surface area contributed by atoms with Gasteiger partial charge in [0.25, 0.3) is 0 Å². The summed E-state index contributed by atoms with van der Waals surface area (Å²) < 4.78 is 0. The van der Waals surface area contributed by atoms with E-state index >= 15 is 0 Å². The fourth-order valence-electron chi connectivity index (χ4n) is 1.54. The lowest BCUT2D eigenvalue weighted by Gasteiger charge is -2.17. The summed E-state index contributed by atoms with van der Waals surface area (Å²) in [5.41, 5.74) is 2.50. The van der Waals surface area contributed by atoms with E-state index in [-0.39, 0.29) is 0 Å². The van der Waals surface area contributed by atoms with Gasteiger partial charge in [-0.25, -0.2) is 4.98 Å². The number of aryl methyl sites for hydroxylation is 1. The third-order valence-electron chi connectivity index (χ3n) is 2.73. The Labute approximate surface area is 98.9 Å². The van der Waals surface area contributed by atoms with Crippen molar-refractivity contribution in [3.8, 4) is 0 Å². The summed E-state index contributed by atoms with van der Waals surface area (Å²) in [7, 11) is 2.08. The van der Waals surface area contributed by atoms with Gasteiger partial charge in [-0.3, -0.25) is 0 Å². The summed E-state index contributed by atoms with van der Waals surface area (Å²) in [5.74, 6) is 1.08. The highest BCUT2D eigenvalue weighted by atomic mass is 15.2. The molecule has 0 aliphatic rings. The normalized spacial score (nSPS) is 10.5. The van der Waals surface area contributed by atoms with Gasteiger partial charge < -0.3 is 10.2 Å². The smallest absolute Gasteiger partial charge is 0.128 e. The maximum Gasteiger partial charge on any atom is 0.128 e. The average molecular weight is 221 g/mol. The Morgan fingerprint density at radius 2 is 2.00 bits per heavy atom. The molecule has 0 bridgehead atoms. The highest BCUT2D eigenvalue weighted by Gasteiger charge is 2.04. The first kappa shape index (κ1) is 13.0. The van der Waals surface area contributed by atoms with Gasteiger partial charge in [-0.2, -0.15) is 0 Å². The van der Waals surface area contributed by atoms with Crippen molar-refractivity contribution >= 4 is 5.82 Å². The van der Waals surface area contributed by atoms with Crippen LogP contribution in [0.15, 0.2) is 12.1 Å². The van der Waals surface area contributed by atoms with Gasteiger partial charge >= 0.3 is 0 Å². The van der Waals surface area contributed by atoms with Gasteiger partial charge in [0.15, 0.2) is 0 Å². The van der Waals surface area contributed by atoms with Crippen molar-refractivity contribution in [3.05, 3.63) is 23.4 Å². The van der Waals surface area contributed by atoms with Gasteiger partial charge in [0.1, 0.15) is 5.82 Å². The van der Waals surface area contributed by atoms with Gasteiger partial charge in [0.05, 0.1) is 0 Å². The molecule has 1 aromatic heterocycles. The molecule has 0 aliphatic heterocycles. The summed E-state index contributed by atoms with van der Waals surface area (Å²) in [6.45, 7) is 9.33. The van der Waals surface area contributed by atoms with Crippen molar-refractivity contribution in [2.75, 3.05) is 25.0 Å². The SMILES string of the molecule is CCNCc1cc(CC)nc(N(C)CC)c1. The Bertz CT molecular complexity index is 323. The summed E-state index contributed by atoms with van der Waals surface area (Å²) in [5, 5.41) is 3.35. The van der Waals surface area contributed by atoms with E-state index in [1.165, 1.54) is 11.3 Å². The van der Waals surface area contributed by atoms with Crippen LogP contribution in [0.1, 0.15) is 32.0 Å². The van der Waals surface area contributed by atoms with Crippen molar-refractivity contribution < 1.29 is 0 Å². The molecule has 0 saturated carbocycles.